The van der Waals surface area contributed by atoms with Gasteiger partial charge in [0.25, 0.3) is 5.69 Å². The van der Waals surface area contributed by atoms with E-state index in [1.54, 1.807) is 19.1 Å². The van der Waals surface area contributed by atoms with Crippen molar-refractivity contribution in [1.82, 2.24) is 10.6 Å². The smallest absolute Gasteiger partial charge is 0.338 e. The van der Waals surface area contributed by atoms with E-state index in [0.717, 1.165) is 0 Å². The molecule has 1 heterocycles. The number of thiocarbonyl (C=S) groups is 1. The Morgan fingerprint density at radius 3 is 2.79 bits per heavy atom. The number of non-ortho nitro benzene ring substituents is 1. The van der Waals surface area contributed by atoms with Crippen LogP contribution in [0.15, 0.2) is 35.5 Å². The van der Waals surface area contributed by atoms with Crippen LogP contribution in [-0.2, 0) is 9.53 Å². The molecule has 0 bridgehead atoms. The lowest BCUT2D eigenvalue weighted by Crippen LogP contribution is -2.45. The van der Waals surface area contributed by atoms with E-state index in [1.165, 1.54) is 12.1 Å². The molecule has 1 aliphatic rings. The molecular formula is C16H19N3O4S. The topological polar surface area (TPSA) is 93.5 Å². The molecule has 0 radical (unpaired) electrons. The summed E-state index contributed by atoms with van der Waals surface area (Å²) in [7, 11) is 0. The van der Waals surface area contributed by atoms with Gasteiger partial charge in [-0.15, -0.1) is 0 Å². The van der Waals surface area contributed by atoms with Crippen molar-refractivity contribution in [2.24, 2.45) is 5.92 Å². The van der Waals surface area contributed by atoms with Crippen LogP contribution in [0.4, 0.5) is 5.69 Å². The molecule has 0 saturated heterocycles. The van der Waals surface area contributed by atoms with Crippen molar-refractivity contribution in [1.29, 1.82) is 0 Å². The zero-order chi connectivity index (χ0) is 17.9. The number of hydrogen-bond acceptors (Lipinski definition) is 5. The van der Waals surface area contributed by atoms with E-state index in [4.69, 9.17) is 17.0 Å². The fourth-order valence-corrected chi connectivity index (χ4v) is 2.62. The molecule has 8 heteroatoms. The van der Waals surface area contributed by atoms with Gasteiger partial charge in [-0.3, -0.25) is 10.1 Å². The molecule has 0 aliphatic carbocycles. The lowest BCUT2D eigenvalue weighted by atomic mass is 9.95. The Labute approximate surface area is 145 Å². The monoisotopic (exact) mass is 349 g/mol. The summed E-state index contributed by atoms with van der Waals surface area (Å²) < 4.78 is 5.32. The van der Waals surface area contributed by atoms with Crippen LogP contribution in [-0.4, -0.2) is 22.6 Å². The second-order valence-corrected chi connectivity index (χ2v) is 6.32. The minimum absolute atomic E-state index is 0.0497. The van der Waals surface area contributed by atoms with Gasteiger partial charge < -0.3 is 15.4 Å². The Kier molecular flexibility index (Phi) is 5.50. The number of nitrogens with zero attached hydrogens (tertiary/aromatic N) is 1. The lowest BCUT2D eigenvalue weighted by molar-refractivity contribution is -0.384. The number of esters is 1. The number of ether oxygens (including phenoxy) is 1. The maximum Gasteiger partial charge on any atom is 0.338 e. The van der Waals surface area contributed by atoms with Crippen molar-refractivity contribution in [3.8, 4) is 0 Å². The van der Waals surface area contributed by atoms with Gasteiger partial charge in [0.05, 0.1) is 23.1 Å². The average Bonchev–Trinajstić information content (AvgIpc) is 2.52. The highest BCUT2D eigenvalue weighted by Gasteiger charge is 2.31. The van der Waals surface area contributed by atoms with Crippen molar-refractivity contribution < 1.29 is 14.5 Å². The van der Waals surface area contributed by atoms with E-state index < -0.39 is 16.9 Å². The Hall–Kier alpha value is -2.48. The minimum Gasteiger partial charge on any atom is -0.462 e. The van der Waals surface area contributed by atoms with Crippen molar-refractivity contribution in [3.63, 3.8) is 0 Å². The number of nitro groups is 1. The lowest BCUT2D eigenvalue weighted by Gasteiger charge is -2.29. The third-order valence-electron chi connectivity index (χ3n) is 3.45. The van der Waals surface area contributed by atoms with Crippen LogP contribution in [0.2, 0.25) is 0 Å². The highest BCUT2D eigenvalue weighted by atomic mass is 32.1. The fraction of sp³-hybridized carbons (Fsp3) is 0.375. The number of allylic oxidation sites excluding steroid dienone is 1. The molecule has 1 aromatic rings. The first-order valence-electron chi connectivity index (χ1n) is 7.49. The van der Waals surface area contributed by atoms with Gasteiger partial charge in [-0.2, -0.15) is 0 Å². The summed E-state index contributed by atoms with van der Waals surface area (Å²) in [5.41, 5.74) is 1.46. The van der Waals surface area contributed by atoms with Crippen molar-refractivity contribution in [3.05, 3.63) is 51.2 Å². The number of benzene rings is 1. The van der Waals surface area contributed by atoms with Gasteiger partial charge in [-0.05, 0) is 30.6 Å². The number of carbonyl (C=O) groups is 1. The molecule has 0 amide bonds. The van der Waals surface area contributed by atoms with Gasteiger partial charge in [0.2, 0.25) is 0 Å². The standard InChI is InChI=1S/C16H19N3O4S/c1-9(2)8-23-15(20)13-10(3)17-16(24)18-14(13)11-5-4-6-12(7-11)19(21)22/h4-7,9,14H,8H2,1-3H3,(H2,17,18,24)/t14-/m0/s1. The summed E-state index contributed by atoms with van der Waals surface area (Å²) in [5, 5.41) is 17.2. The normalized spacial score (nSPS) is 17.3. The zero-order valence-corrected chi connectivity index (χ0v) is 14.5. The summed E-state index contributed by atoms with van der Waals surface area (Å²) in [5.74, 6) is -0.267. The van der Waals surface area contributed by atoms with E-state index in [9.17, 15) is 14.9 Å². The number of hydrogen-bond donors (Lipinski definition) is 2. The number of nitrogens with one attached hydrogen (secondary N) is 2. The van der Waals surface area contributed by atoms with Crippen LogP contribution in [0.25, 0.3) is 0 Å². The van der Waals surface area contributed by atoms with Crippen LogP contribution in [0.1, 0.15) is 32.4 Å². The first-order valence-corrected chi connectivity index (χ1v) is 7.90. The molecule has 24 heavy (non-hydrogen) atoms. The van der Waals surface area contributed by atoms with Gasteiger partial charge >= 0.3 is 5.97 Å². The quantitative estimate of drug-likeness (QED) is 0.365. The predicted octanol–water partition coefficient (Wildman–Crippen LogP) is 2.59. The van der Waals surface area contributed by atoms with Gasteiger partial charge in [-0.1, -0.05) is 26.0 Å². The first-order chi connectivity index (χ1) is 11.3. The van der Waals surface area contributed by atoms with E-state index in [1.807, 2.05) is 13.8 Å². The maximum absolute atomic E-state index is 12.5. The Morgan fingerprint density at radius 1 is 1.46 bits per heavy atom. The molecule has 7 nitrogen and oxygen atoms in total. The summed E-state index contributed by atoms with van der Waals surface area (Å²) in [6, 6.07) is 5.51. The van der Waals surface area contributed by atoms with E-state index in [0.29, 0.717) is 28.6 Å². The summed E-state index contributed by atoms with van der Waals surface area (Å²) in [6.07, 6.45) is 0. The SMILES string of the molecule is CC1=C(C(=O)OCC(C)C)[C@H](c2cccc([N+](=O)[O-])c2)NC(=S)N1. The van der Waals surface area contributed by atoms with Crippen molar-refractivity contribution in [2.75, 3.05) is 6.61 Å². The van der Waals surface area contributed by atoms with Crippen LogP contribution in [0, 0.1) is 16.0 Å². The number of rotatable bonds is 5. The van der Waals surface area contributed by atoms with E-state index in [2.05, 4.69) is 10.6 Å². The fourth-order valence-electron chi connectivity index (χ4n) is 2.35. The predicted molar refractivity (Wildman–Crippen MR) is 93.2 cm³/mol. The van der Waals surface area contributed by atoms with Crippen LogP contribution in [0.3, 0.4) is 0 Å². The molecule has 128 valence electrons. The molecule has 0 unspecified atom stereocenters. The second-order valence-electron chi connectivity index (χ2n) is 5.91. The highest BCUT2D eigenvalue weighted by Crippen LogP contribution is 2.29. The molecule has 0 saturated carbocycles. The zero-order valence-electron chi connectivity index (χ0n) is 13.7. The Morgan fingerprint density at radius 2 is 2.17 bits per heavy atom. The van der Waals surface area contributed by atoms with Gasteiger partial charge in [0.1, 0.15) is 0 Å². The molecule has 0 aromatic heterocycles. The number of nitro benzene ring substituents is 1. The second kappa shape index (κ2) is 7.39. The van der Waals surface area contributed by atoms with Crippen molar-refractivity contribution in [2.45, 2.75) is 26.8 Å². The van der Waals surface area contributed by atoms with Gasteiger partial charge in [0.15, 0.2) is 5.11 Å². The summed E-state index contributed by atoms with van der Waals surface area (Å²) in [6.45, 7) is 5.91. The molecule has 0 spiro atoms. The van der Waals surface area contributed by atoms with Crippen molar-refractivity contribution >= 4 is 29.0 Å². The molecule has 2 N–H and O–H groups in total. The maximum atomic E-state index is 12.5. The van der Waals surface area contributed by atoms with E-state index >= 15 is 0 Å². The van der Waals surface area contributed by atoms with Gasteiger partial charge in [0, 0.05) is 17.8 Å². The highest BCUT2D eigenvalue weighted by molar-refractivity contribution is 7.80. The first kappa shape index (κ1) is 17.9. The minimum atomic E-state index is -0.599. The Bertz CT molecular complexity index is 715. The number of carbonyl (C=O) groups excluding carboxylic acids is 1. The summed E-state index contributed by atoms with van der Waals surface area (Å²) >= 11 is 5.15. The van der Waals surface area contributed by atoms with Crippen LogP contribution >= 0.6 is 12.2 Å². The Balaban J connectivity index is 2.39. The molecule has 1 atom stereocenters. The van der Waals surface area contributed by atoms with Gasteiger partial charge in [-0.25, -0.2) is 4.79 Å². The molecule has 1 aromatic carbocycles. The molecular weight excluding hydrogens is 330 g/mol. The van der Waals surface area contributed by atoms with E-state index in [-0.39, 0.29) is 11.6 Å². The van der Waals surface area contributed by atoms with Crippen LogP contribution in [0.5, 0.6) is 0 Å². The third-order valence-corrected chi connectivity index (χ3v) is 3.67. The molecule has 1 aliphatic heterocycles. The largest absolute Gasteiger partial charge is 0.462 e. The average molecular weight is 349 g/mol. The molecule has 2 rings (SSSR count). The molecule has 0 fully saturated rings. The summed E-state index contributed by atoms with van der Waals surface area (Å²) in [4.78, 5) is 23.0. The third kappa shape index (κ3) is 4.08. The van der Waals surface area contributed by atoms with Crippen LogP contribution < -0.4 is 10.6 Å².